The molecule has 184 valence electrons. The fourth-order valence-electron chi connectivity index (χ4n) is 3.12. The fourth-order valence-corrected chi connectivity index (χ4v) is 3.12. The van der Waals surface area contributed by atoms with Crippen LogP contribution in [0.25, 0.3) is 0 Å². The largest absolute Gasteiger partial charge is 0.488 e. The average Bonchev–Trinajstić information content (AvgIpc) is 3.27. The maximum absolute atomic E-state index is 13.0. The minimum atomic E-state index is -0.340. The molecule has 0 aliphatic rings. The Morgan fingerprint density at radius 3 is 2.69 bits per heavy atom. The van der Waals surface area contributed by atoms with E-state index in [9.17, 15) is 4.79 Å². The van der Waals surface area contributed by atoms with E-state index in [1.807, 2.05) is 19.1 Å². The van der Waals surface area contributed by atoms with Gasteiger partial charge < -0.3 is 30.0 Å². The quantitative estimate of drug-likeness (QED) is 0.247. The van der Waals surface area contributed by atoms with Crippen molar-refractivity contribution in [2.24, 2.45) is 0 Å². The number of nitrogens with two attached hydrogens (primary N) is 1. The number of benzene rings is 2. The number of methoxy groups -OCH3 is 2. The van der Waals surface area contributed by atoms with Crippen LogP contribution >= 0.6 is 0 Å². The molecule has 0 unspecified atom stereocenters. The van der Waals surface area contributed by atoms with E-state index in [4.69, 9.17) is 24.7 Å². The molecular weight excluding hydrogens is 448 g/mol. The van der Waals surface area contributed by atoms with Crippen molar-refractivity contribution in [3.05, 3.63) is 71.4 Å². The molecule has 0 bridgehead atoms. The van der Waals surface area contributed by atoms with Crippen LogP contribution in [0.15, 0.2) is 54.7 Å². The van der Waals surface area contributed by atoms with Crippen LogP contribution in [0.5, 0.6) is 5.75 Å². The molecule has 0 radical (unpaired) electrons. The van der Waals surface area contributed by atoms with Crippen LogP contribution in [-0.4, -0.2) is 55.8 Å². The van der Waals surface area contributed by atoms with Gasteiger partial charge in [-0.25, -0.2) is 4.68 Å². The number of hydrogen-bond donors (Lipinski definition) is 2. The molecule has 0 aliphatic carbocycles. The zero-order valence-electron chi connectivity index (χ0n) is 20.1. The van der Waals surface area contributed by atoms with Crippen molar-refractivity contribution < 1.29 is 23.7 Å². The highest BCUT2D eigenvalue weighted by Crippen LogP contribution is 2.20. The Morgan fingerprint density at radius 1 is 1.09 bits per heavy atom. The van der Waals surface area contributed by atoms with Crippen molar-refractivity contribution in [2.45, 2.75) is 19.8 Å². The summed E-state index contributed by atoms with van der Waals surface area (Å²) >= 11 is 0. The van der Waals surface area contributed by atoms with Crippen molar-refractivity contribution in [1.29, 1.82) is 0 Å². The number of nitrogen functional groups attached to an aromatic ring is 1. The monoisotopic (exact) mass is 478 g/mol. The molecule has 9 heteroatoms. The van der Waals surface area contributed by atoms with Crippen LogP contribution in [0.1, 0.15) is 28.4 Å². The maximum atomic E-state index is 13.0. The van der Waals surface area contributed by atoms with Gasteiger partial charge in [0, 0.05) is 48.9 Å². The molecule has 1 amide bonds. The Kier molecular flexibility index (Phi) is 9.69. The molecule has 3 aromatic rings. The Labute approximate surface area is 205 Å². The number of nitrogens with zero attached hydrogens (tertiary/aromatic N) is 2. The van der Waals surface area contributed by atoms with Crippen LogP contribution < -0.4 is 15.8 Å². The van der Waals surface area contributed by atoms with E-state index in [0.717, 1.165) is 5.56 Å². The molecule has 0 spiro atoms. The van der Waals surface area contributed by atoms with E-state index in [1.165, 1.54) is 0 Å². The lowest BCUT2D eigenvalue weighted by Gasteiger charge is -2.15. The lowest BCUT2D eigenvalue weighted by molar-refractivity contribution is 0.0290. The highest BCUT2D eigenvalue weighted by molar-refractivity contribution is 6.04. The number of rotatable bonds is 11. The van der Waals surface area contributed by atoms with E-state index in [-0.39, 0.29) is 18.7 Å². The topological polar surface area (TPSA) is 110 Å². The van der Waals surface area contributed by atoms with E-state index in [1.54, 1.807) is 61.5 Å². The van der Waals surface area contributed by atoms with Crippen molar-refractivity contribution in [3.63, 3.8) is 0 Å². The number of carbonyl (C=O) groups excluding carboxylic acids is 1. The zero-order chi connectivity index (χ0) is 25.0. The summed E-state index contributed by atoms with van der Waals surface area (Å²) in [7, 11) is 3.21. The number of anilines is 2. The Hall–Kier alpha value is -3.84. The van der Waals surface area contributed by atoms with Gasteiger partial charge in [-0.2, -0.15) is 5.10 Å². The standard InChI is InChI=1S/C26H30N4O5/c1-19(17-33-3)35-24-15-21(8-7-20-5-4-6-23(27)14-20)13-22(16-24)26(31)28-25-9-10-30(29-25)18-34-12-11-32-2/h4-6,9-10,13-16,19H,11-12,17-18,27H2,1-3H3,(H,28,29,31)/t19-/m0/s1. The normalized spacial score (nSPS) is 11.4. The Morgan fingerprint density at radius 2 is 1.91 bits per heavy atom. The first-order valence-corrected chi connectivity index (χ1v) is 11.1. The summed E-state index contributed by atoms with van der Waals surface area (Å²) < 4.78 is 23.1. The average molecular weight is 479 g/mol. The number of hydrogen-bond acceptors (Lipinski definition) is 7. The molecule has 1 aromatic heterocycles. The van der Waals surface area contributed by atoms with Gasteiger partial charge >= 0.3 is 0 Å². The first-order chi connectivity index (χ1) is 17.0. The van der Waals surface area contributed by atoms with Crippen molar-refractivity contribution in [1.82, 2.24) is 9.78 Å². The molecule has 9 nitrogen and oxygen atoms in total. The summed E-state index contributed by atoms with van der Waals surface area (Å²) in [5.41, 5.74) is 8.25. The molecule has 35 heavy (non-hydrogen) atoms. The van der Waals surface area contributed by atoms with Crippen LogP contribution in [0.2, 0.25) is 0 Å². The smallest absolute Gasteiger partial charge is 0.257 e. The first-order valence-electron chi connectivity index (χ1n) is 11.1. The molecule has 0 fully saturated rings. The van der Waals surface area contributed by atoms with Gasteiger partial charge in [0.05, 0.1) is 19.8 Å². The van der Waals surface area contributed by atoms with Gasteiger partial charge in [-0.3, -0.25) is 4.79 Å². The third-order valence-electron chi connectivity index (χ3n) is 4.68. The summed E-state index contributed by atoms with van der Waals surface area (Å²) in [6.07, 6.45) is 1.51. The van der Waals surface area contributed by atoms with Gasteiger partial charge in [0.2, 0.25) is 0 Å². The molecule has 1 heterocycles. The van der Waals surface area contributed by atoms with Gasteiger partial charge in [0.25, 0.3) is 5.91 Å². The second-order valence-corrected chi connectivity index (χ2v) is 7.73. The summed E-state index contributed by atoms with van der Waals surface area (Å²) in [5.74, 6) is 6.73. The number of nitrogens with one attached hydrogen (secondary N) is 1. The van der Waals surface area contributed by atoms with Gasteiger partial charge in [-0.05, 0) is 43.3 Å². The second kappa shape index (κ2) is 13.2. The highest BCUT2D eigenvalue weighted by Gasteiger charge is 2.13. The van der Waals surface area contributed by atoms with Gasteiger partial charge in [-0.1, -0.05) is 17.9 Å². The second-order valence-electron chi connectivity index (χ2n) is 7.73. The third-order valence-corrected chi connectivity index (χ3v) is 4.68. The predicted octanol–water partition coefficient (Wildman–Crippen LogP) is 3.15. The van der Waals surface area contributed by atoms with E-state index in [0.29, 0.717) is 48.2 Å². The Balaban J connectivity index is 1.78. The van der Waals surface area contributed by atoms with E-state index >= 15 is 0 Å². The number of carbonyl (C=O) groups is 1. The van der Waals surface area contributed by atoms with Crippen molar-refractivity contribution in [2.75, 3.05) is 45.1 Å². The highest BCUT2D eigenvalue weighted by atomic mass is 16.5. The fraction of sp³-hybridized carbons (Fsp3) is 0.308. The van der Waals surface area contributed by atoms with Gasteiger partial charge in [-0.15, -0.1) is 0 Å². The minimum Gasteiger partial charge on any atom is -0.488 e. The molecule has 1 atom stereocenters. The molecule has 0 aliphatic heterocycles. The molecule has 2 aromatic carbocycles. The van der Waals surface area contributed by atoms with Gasteiger partial charge in [0.15, 0.2) is 5.82 Å². The predicted molar refractivity (Wildman–Crippen MR) is 133 cm³/mol. The number of amides is 1. The molecular formula is C26H30N4O5. The van der Waals surface area contributed by atoms with Crippen LogP contribution in [0, 0.1) is 11.8 Å². The molecule has 0 saturated carbocycles. The lowest BCUT2D eigenvalue weighted by Crippen LogP contribution is -2.19. The molecule has 3 N–H and O–H groups in total. The van der Waals surface area contributed by atoms with E-state index in [2.05, 4.69) is 22.3 Å². The van der Waals surface area contributed by atoms with Gasteiger partial charge in [0.1, 0.15) is 18.6 Å². The van der Waals surface area contributed by atoms with Crippen LogP contribution in [0.3, 0.4) is 0 Å². The minimum absolute atomic E-state index is 0.207. The van der Waals surface area contributed by atoms with Crippen molar-refractivity contribution in [3.8, 4) is 17.6 Å². The first kappa shape index (κ1) is 25.8. The number of aromatic nitrogens is 2. The third kappa shape index (κ3) is 8.46. The van der Waals surface area contributed by atoms with Crippen LogP contribution in [-0.2, 0) is 20.9 Å². The molecule has 3 rings (SSSR count). The number of ether oxygens (including phenoxy) is 4. The van der Waals surface area contributed by atoms with Crippen molar-refractivity contribution >= 4 is 17.4 Å². The summed E-state index contributed by atoms with van der Waals surface area (Å²) in [4.78, 5) is 13.0. The van der Waals surface area contributed by atoms with Crippen LogP contribution in [0.4, 0.5) is 11.5 Å². The summed E-state index contributed by atoms with van der Waals surface area (Å²) in [5, 5.41) is 7.10. The SMILES string of the molecule is COCCOCn1ccc(NC(=O)c2cc(C#Cc3cccc(N)c3)cc(O[C@@H](C)COC)c2)n1. The zero-order valence-corrected chi connectivity index (χ0v) is 20.1. The summed E-state index contributed by atoms with van der Waals surface area (Å²) in [6, 6.07) is 14.1. The summed E-state index contributed by atoms with van der Waals surface area (Å²) in [6.45, 7) is 3.49. The Bertz CT molecular complexity index is 1180. The maximum Gasteiger partial charge on any atom is 0.257 e. The molecule has 0 saturated heterocycles. The lowest BCUT2D eigenvalue weighted by atomic mass is 10.1. The van der Waals surface area contributed by atoms with E-state index < -0.39 is 0 Å².